The van der Waals surface area contributed by atoms with Crippen LogP contribution in [0.5, 0.6) is 0 Å². The van der Waals surface area contributed by atoms with E-state index in [1.807, 2.05) is 0 Å². The molecule has 0 aromatic heterocycles. The van der Waals surface area contributed by atoms with E-state index in [-0.39, 0.29) is 10.8 Å². The number of halogens is 1. The van der Waals surface area contributed by atoms with Gasteiger partial charge in [-0.2, -0.15) is 0 Å². The average Bonchev–Trinajstić information content (AvgIpc) is 2.36. The van der Waals surface area contributed by atoms with Crippen LogP contribution in [0.4, 0.5) is 0 Å². The van der Waals surface area contributed by atoms with Crippen molar-refractivity contribution in [2.24, 2.45) is 5.92 Å². The van der Waals surface area contributed by atoms with Gasteiger partial charge in [-0.05, 0) is 43.0 Å². The number of benzene rings is 1. The Morgan fingerprint density at radius 1 is 1.24 bits per heavy atom. The van der Waals surface area contributed by atoms with Gasteiger partial charge in [-0.15, -0.1) is 0 Å². The van der Waals surface area contributed by atoms with Gasteiger partial charge in [0.25, 0.3) is 15.0 Å². The van der Waals surface area contributed by atoms with E-state index < -0.39 is 9.05 Å². The number of hydrogen-bond donors (Lipinski definition) is 1. The largest absolute Gasteiger partial charge is 0.352 e. The molecule has 118 valence electrons. The summed E-state index contributed by atoms with van der Waals surface area (Å²) in [4.78, 5) is 12.0. The fourth-order valence-electron chi connectivity index (χ4n) is 2.00. The lowest BCUT2D eigenvalue weighted by atomic mass is 10.1. The summed E-state index contributed by atoms with van der Waals surface area (Å²) >= 11 is 0. The Hall–Kier alpha value is -1.07. The van der Waals surface area contributed by atoms with E-state index >= 15 is 0 Å². The second-order valence-electron chi connectivity index (χ2n) is 5.62. The van der Waals surface area contributed by atoms with Crippen LogP contribution in [0.1, 0.15) is 49.0 Å². The Kier molecular flexibility index (Phi) is 6.68. The monoisotopic (exact) mass is 331 g/mol. The molecular formula is C15H22ClNO3S. The molecule has 0 bridgehead atoms. The second-order valence-corrected chi connectivity index (χ2v) is 8.18. The zero-order chi connectivity index (χ0) is 16.0. The van der Waals surface area contributed by atoms with Crippen LogP contribution in [0.25, 0.3) is 0 Å². The van der Waals surface area contributed by atoms with Crippen molar-refractivity contribution < 1.29 is 13.2 Å². The van der Waals surface area contributed by atoms with Crippen LogP contribution in [0.15, 0.2) is 23.1 Å². The van der Waals surface area contributed by atoms with Gasteiger partial charge in [-0.25, -0.2) is 8.42 Å². The van der Waals surface area contributed by atoms with Gasteiger partial charge in [-0.3, -0.25) is 4.79 Å². The van der Waals surface area contributed by atoms with Crippen LogP contribution in [0.3, 0.4) is 0 Å². The lowest BCUT2D eigenvalue weighted by Crippen LogP contribution is -2.24. The zero-order valence-electron chi connectivity index (χ0n) is 12.6. The van der Waals surface area contributed by atoms with Crippen LogP contribution >= 0.6 is 10.7 Å². The molecule has 0 saturated carbocycles. The molecule has 0 radical (unpaired) electrons. The van der Waals surface area contributed by atoms with Gasteiger partial charge in [0, 0.05) is 22.8 Å². The van der Waals surface area contributed by atoms with Crippen molar-refractivity contribution in [2.75, 3.05) is 6.54 Å². The molecule has 1 amide bonds. The SMILES string of the molecule is Cc1cc(C(=O)NCCCCC(C)C)cc(S(=O)(=O)Cl)c1. The summed E-state index contributed by atoms with van der Waals surface area (Å²) in [7, 11) is 1.50. The minimum atomic E-state index is -3.83. The number of carbonyl (C=O) groups is 1. The summed E-state index contributed by atoms with van der Waals surface area (Å²) in [5.74, 6) is 0.388. The van der Waals surface area contributed by atoms with E-state index in [1.54, 1.807) is 13.0 Å². The van der Waals surface area contributed by atoms with E-state index in [9.17, 15) is 13.2 Å². The summed E-state index contributed by atoms with van der Waals surface area (Å²) < 4.78 is 22.7. The Morgan fingerprint density at radius 3 is 2.48 bits per heavy atom. The summed E-state index contributed by atoms with van der Waals surface area (Å²) in [6, 6.07) is 4.40. The highest BCUT2D eigenvalue weighted by molar-refractivity contribution is 8.13. The van der Waals surface area contributed by atoms with Crippen LogP contribution in [0, 0.1) is 12.8 Å². The lowest BCUT2D eigenvalue weighted by Gasteiger charge is -2.08. The Bertz CT molecular complexity index is 597. The molecule has 4 nitrogen and oxygen atoms in total. The maximum absolute atomic E-state index is 12.0. The van der Waals surface area contributed by atoms with Crippen molar-refractivity contribution in [1.82, 2.24) is 5.32 Å². The normalized spacial score (nSPS) is 11.7. The molecule has 21 heavy (non-hydrogen) atoms. The number of nitrogens with one attached hydrogen (secondary N) is 1. The van der Waals surface area contributed by atoms with Crippen molar-refractivity contribution in [3.63, 3.8) is 0 Å². The first-order valence-electron chi connectivity index (χ1n) is 7.04. The van der Waals surface area contributed by atoms with Crippen molar-refractivity contribution in [3.8, 4) is 0 Å². The first-order chi connectivity index (χ1) is 9.70. The molecule has 1 aromatic carbocycles. The second kappa shape index (κ2) is 7.80. The zero-order valence-corrected chi connectivity index (χ0v) is 14.2. The number of rotatable bonds is 7. The number of aryl methyl sites for hydroxylation is 1. The maximum Gasteiger partial charge on any atom is 0.261 e. The number of unbranched alkanes of at least 4 members (excludes halogenated alkanes) is 1. The fourth-order valence-corrected chi connectivity index (χ4v) is 2.86. The quantitative estimate of drug-likeness (QED) is 0.614. The lowest BCUT2D eigenvalue weighted by molar-refractivity contribution is 0.0952. The van der Waals surface area contributed by atoms with Crippen LogP contribution in [-0.2, 0) is 9.05 Å². The molecule has 0 atom stereocenters. The molecule has 0 fully saturated rings. The molecule has 0 aliphatic carbocycles. The Balaban J connectivity index is 2.64. The standard InChI is InChI=1S/C15H22ClNO3S/c1-11(2)6-4-5-7-17-15(18)13-8-12(3)9-14(10-13)21(16,19)20/h8-11H,4-7H2,1-3H3,(H,17,18). The number of amides is 1. The molecule has 0 heterocycles. The third kappa shape index (κ3) is 6.48. The topological polar surface area (TPSA) is 63.2 Å². The van der Waals surface area contributed by atoms with Crippen molar-refractivity contribution in [1.29, 1.82) is 0 Å². The average molecular weight is 332 g/mol. The van der Waals surface area contributed by atoms with E-state index in [0.29, 0.717) is 23.6 Å². The van der Waals surface area contributed by atoms with Crippen LogP contribution in [0.2, 0.25) is 0 Å². The van der Waals surface area contributed by atoms with Gasteiger partial charge in [0.15, 0.2) is 0 Å². The molecule has 1 aromatic rings. The van der Waals surface area contributed by atoms with E-state index in [2.05, 4.69) is 19.2 Å². The highest BCUT2D eigenvalue weighted by atomic mass is 35.7. The third-order valence-electron chi connectivity index (χ3n) is 3.09. The molecule has 0 aliphatic rings. The highest BCUT2D eigenvalue weighted by Crippen LogP contribution is 2.18. The van der Waals surface area contributed by atoms with Gasteiger partial charge in [-0.1, -0.05) is 26.7 Å². The minimum absolute atomic E-state index is 0.0471. The molecule has 0 aliphatic heterocycles. The molecule has 0 saturated heterocycles. The highest BCUT2D eigenvalue weighted by Gasteiger charge is 2.14. The van der Waals surface area contributed by atoms with Crippen molar-refractivity contribution in [2.45, 2.75) is 44.9 Å². The van der Waals surface area contributed by atoms with Crippen LogP contribution in [-0.4, -0.2) is 20.9 Å². The van der Waals surface area contributed by atoms with Gasteiger partial charge < -0.3 is 5.32 Å². The van der Waals surface area contributed by atoms with Crippen LogP contribution < -0.4 is 5.32 Å². The molecule has 1 rings (SSSR count). The van der Waals surface area contributed by atoms with Gasteiger partial charge in [0.05, 0.1) is 4.90 Å². The molecule has 6 heteroatoms. The molecule has 1 N–H and O–H groups in total. The maximum atomic E-state index is 12.0. The summed E-state index contributed by atoms with van der Waals surface area (Å²) in [5.41, 5.74) is 1.000. The predicted octanol–water partition coefficient (Wildman–Crippen LogP) is 3.48. The summed E-state index contributed by atoms with van der Waals surface area (Å²) in [6.07, 6.45) is 3.11. The van der Waals surface area contributed by atoms with Crippen molar-refractivity contribution >= 4 is 25.6 Å². The first-order valence-corrected chi connectivity index (χ1v) is 9.35. The summed E-state index contributed by atoms with van der Waals surface area (Å²) in [5, 5.41) is 2.80. The van der Waals surface area contributed by atoms with Crippen molar-refractivity contribution in [3.05, 3.63) is 29.3 Å². The van der Waals surface area contributed by atoms with Gasteiger partial charge >= 0.3 is 0 Å². The van der Waals surface area contributed by atoms with E-state index in [4.69, 9.17) is 10.7 Å². The predicted molar refractivity (Wildman–Crippen MR) is 85.2 cm³/mol. The number of carbonyl (C=O) groups excluding carboxylic acids is 1. The Morgan fingerprint density at radius 2 is 1.90 bits per heavy atom. The van der Waals surface area contributed by atoms with E-state index in [1.165, 1.54) is 12.1 Å². The molecule has 0 spiro atoms. The molecule has 0 unspecified atom stereocenters. The molecular weight excluding hydrogens is 310 g/mol. The van der Waals surface area contributed by atoms with Gasteiger partial charge in [0.2, 0.25) is 0 Å². The Labute approximate surface area is 131 Å². The smallest absolute Gasteiger partial charge is 0.261 e. The third-order valence-corrected chi connectivity index (χ3v) is 4.42. The first kappa shape index (κ1) is 18.0. The number of hydrogen-bond acceptors (Lipinski definition) is 3. The minimum Gasteiger partial charge on any atom is -0.352 e. The fraction of sp³-hybridized carbons (Fsp3) is 0.533. The van der Waals surface area contributed by atoms with E-state index in [0.717, 1.165) is 19.3 Å². The summed E-state index contributed by atoms with van der Waals surface area (Å²) in [6.45, 7) is 6.65. The van der Waals surface area contributed by atoms with Gasteiger partial charge in [0.1, 0.15) is 0 Å².